The summed E-state index contributed by atoms with van der Waals surface area (Å²) in [4.78, 5) is 16.3. The van der Waals surface area contributed by atoms with Crippen molar-refractivity contribution in [3.63, 3.8) is 0 Å². The molecule has 20 heavy (non-hydrogen) atoms. The maximum absolute atomic E-state index is 12.3. The van der Waals surface area contributed by atoms with E-state index < -0.39 is 0 Å². The van der Waals surface area contributed by atoms with E-state index in [2.05, 4.69) is 22.1 Å². The predicted octanol–water partition coefficient (Wildman–Crippen LogP) is 1.95. The second kappa shape index (κ2) is 6.50. The number of nitrogens with two attached hydrogens (primary N) is 1. The molecular formula is C16H15N3O. The number of nitrogens with zero attached hydrogens (tertiary/aromatic N) is 1. The molecule has 0 aliphatic rings. The quantitative estimate of drug-likeness (QED) is 0.815. The van der Waals surface area contributed by atoms with Gasteiger partial charge in [-0.15, -0.1) is 0 Å². The summed E-state index contributed by atoms with van der Waals surface area (Å²) < 4.78 is 0. The number of anilines is 1. The van der Waals surface area contributed by atoms with Crippen molar-refractivity contribution in [2.24, 2.45) is 5.73 Å². The zero-order chi connectivity index (χ0) is 14.4. The van der Waals surface area contributed by atoms with Crippen molar-refractivity contribution in [2.75, 3.05) is 11.9 Å². The van der Waals surface area contributed by atoms with Crippen molar-refractivity contribution in [1.82, 2.24) is 4.98 Å². The Kier molecular flexibility index (Phi) is 4.48. The maximum atomic E-state index is 12.3. The van der Waals surface area contributed by atoms with Crippen LogP contribution in [0.25, 0.3) is 0 Å². The van der Waals surface area contributed by atoms with Gasteiger partial charge >= 0.3 is 0 Å². The van der Waals surface area contributed by atoms with Gasteiger partial charge in [0.25, 0.3) is 5.91 Å². The van der Waals surface area contributed by atoms with Crippen LogP contribution in [0.4, 0.5) is 5.69 Å². The number of pyridine rings is 1. The number of carbonyl (C=O) groups is 1. The Morgan fingerprint density at radius 2 is 2.15 bits per heavy atom. The highest BCUT2D eigenvalue weighted by molar-refractivity contribution is 6.05. The number of carbonyl (C=O) groups excluding carboxylic acids is 1. The van der Waals surface area contributed by atoms with Gasteiger partial charge in [-0.05, 0) is 30.7 Å². The molecule has 0 aliphatic heterocycles. The first-order valence-electron chi connectivity index (χ1n) is 6.21. The Morgan fingerprint density at radius 1 is 1.35 bits per heavy atom. The number of hydrogen-bond donors (Lipinski definition) is 2. The van der Waals surface area contributed by atoms with Crippen LogP contribution >= 0.6 is 0 Å². The fourth-order valence-corrected chi connectivity index (χ4v) is 1.76. The van der Waals surface area contributed by atoms with Crippen LogP contribution in [0.3, 0.4) is 0 Å². The van der Waals surface area contributed by atoms with Crippen molar-refractivity contribution < 1.29 is 4.79 Å². The molecule has 0 atom stereocenters. The van der Waals surface area contributed by atoms with Crippen LogP contribution in [0, 0.1) is 18.8 Å². The van der Waals surface area contributed by atoms with E-state index in [4.69, 9.17) is 5.73 Å². The summed E-state index contributed by atoms with van der Waals surface area (Å²) in [7, 11) is 0. The minimum absolute atomic E-state index is 0.209. The SMILES string of the molecule is Cc1cncc(NC(=O)c2ccccc2C#CCN)c1. The van der Waals surface area contributed by atoms with E-state index in [1.807, 2.05) is 19.1 Å². The molecule has 1 amide bonds. The maximum Gasteiger partial charge on any atom is 0.256 e. The third kappa shape index (κ3) is 3.44. The number of aryl methyl sites for hydroxylation is 1. The Labute approximate surface area is 118 Å². The highest BCUT2D eigenvalue weighted by Gasteiger charge is 2.10. The molecule has 0 radical (unpaired) electrons. The number of nitrogens with one attached hydrogen (secondary N) is 1. The summed E-state index contributed by atoms with van der Waals surface area (Å²) in [5.74, 6) is 5.45. The van der Waals surface area contributed by atoms with Crippen LogP contribution in [0.1, 0.15) is 21.5 Å². The first-order valence-corrected chi connectivity index (χ1v) is 6.21. The molecule has 0 bridgehead atoms. The zero-order valence-corrected chi connectivity index (χ0v) is 11.2. The van der Waals surface area contributed by atoms with Gasteiger partial charge in [0.15, 0.2) is 0 Å². The minimum Gasteiger partial charge on any atom is -0.321 e. The lowest BCUT2D eigenvalue weighted by Crippen LogP contribution is -2.13. The van der Waals surface area contributed by atoms with Crippen LogP contribution < -0.4 is 11.1 Å². The third-order valence-electron chi connectivity index (χ3n) is 2.63. The van der Waals surface area contributed by atoms with E-state index >= 15 is 0 Å². The first-order chi connectivity index (χ1) is 9.70. The molecule has 4 nitrogen and oxygen atoms in total. The highest BCUT2D eigenvalue weighted by atomic mass is 16.1. The van der Waals surface area contributed by atoms with Gasteiger partial charge in [0.2, 0.25) is 0 Å². The van der Waals surface area contributed by atoms with Crippen molar-refractivity contribution in [1.29, 1.82) is 0 Å². The van der Waals surface area contributed by atoms with Gasteiger partial charge in [0.1, 0.15) is 0 Å². The fourth-order valence-electron chi connectivity index (χ4n) is 1.76. The summed E-state index contributed by atoms with van der Waals surface area (Å²) in [6.45, 7) is 2.18. The molecule has 4 heteroatoms. The van der Waals surface area contributed by atoms with Crippen LogP contribution in [-0.2, 0) is 0 Å². The van der Waals surface area contributed by atoms with E-state index in [-0.39, 0.29) is 12.5 Å². The van der Waals surface area contributed by atoms with Gasteiger partial charge < -0.3 is 11.1 Å². The number of rotatable bonds is 2. The molecule has 0 unspecified atom stereocenters. The molecule has 2 aromatic rings. The van der Waals surface area contributed by atoms with E-state index in [9.17, 15) is 4.79 Å². The number of aromatic nitrogens is 1. The molecule has 0 aliphatic carbocycles. The summed E-state index contributed by atoms with van der Waals surface area (Å²) in [5.41, 5.74) is 8.20. The summed E-state index contributed by atoms with van der Waals surface area (Å²) in [5, 5.41) is 2.82. The Balaban J connectivity index is 2.25. The van der Waals surface area contributed by atoms with Crippen LogP contribution in [0.5, 0.6) is 0 Å². The van der Waals surface area contributed by atoms with Gasteiger partial charge in [-0.1, -0.05) is 24.0 Å². The largest absolute Gasteiger partial charge is 0.321 e. The van der Waals surface area contributed by atoms with Gasteiger partial charge in [0.05, 0.1) is 24.0 Å². The normalized spacial score (nSPS) is 9.50. The van der Waals surface area contributed by atoms with Crippen LogP contribution in [0.15, 0.2) is 42.7 Å². The number of hydrogen-bond acceptors (Lipinski definition) is 3. The number of amides is 1. The molecule has 0 saturated carbocycles. The van der Waals surface area contributed by atoms with Crippen molar-refractivity contribution >= 4 is 11.6 Å². The molecular weight excluding hydrogens is 250 g/mol. The van der Waals surface area contributed by atoms with Crippen molar-refractivity contribution in [2.45, 2.75) is 6.92 Å². The van der Waals surface area contributed by atoms with E-state index in [1.54, 1.807) is 30.6 Å². The Hall–Kier alpha value is -2.64. The monoisotopic (exact) mass is 265 g/mol. The molecule has 100 valence electrons. The lowest BCUT2D eigenvalue weighted by molar-refractivity contribution is 0.102. The molecule has 0 spiro atoms. The summed E-state index contributed by atoms with van der Waals surface area (Å²) >= 11 is 0. The molecule has 1 aromatic heterocycles. The standard InChI is InChI=1S/C16H15N3O/c1-12-9-14(11-18-10-12)19-16(20)15-7-3-2-5-13(15)6-4-8-17/h2-3,5,7,9-11H,8,17H2,1H3,(H,19,20). The second-order valence-corrected chi connectivity index (χ2v) is 4.26. The Morgan fingerprint density at radius 3 is 2.90 bits per heavy atom. The van der Waals surface area contributed by atoms with Crippen LogP contribution in [-0.4, -0.2) is 17.4 Å². The van der Waals surface area contributed by atoms with Gasteiger partial charge in [-0.3, -0.25) is 9.78 Å². The Bertz CT molecular complexity index is 683. The molecule has 0 saturated heterocycles. The van der Waals surface area contributed by atoms with Gasteiger partial charge in [-0.25, -0.2) is 0 Å². The third-order valence-corrected chi connectivity index (χ3v) is 2.63. The first kappa shape index (κ1) is 13.8. The van der Waals surface area contributed by atoms with Gasteiger partial charge in [-0.2, -0.15) is 0 Å². The lowest BCUT2D eigenvalue weighted by atomic mass is 10.1. The zero-order valence-electron chi connectivity index (χ0n) is 11.2. The number of benzene rings is 1. The molecule has 3 N–H and O–H groups in total. The lowest BCUT2D eigenvalue weighted by Gasteiger charge is -2.07. The van der Waals surface area contributed by atoms with Crippen molar-refractivity contribution in [3.05, 3.63) is 59.4 Å². The summed E-state index contributed by atoms with van der Waals surface area (Å²) in [6, 6.07) is 9.03. The fraction of sp³-hybridized carbons (Fsp3) is 0.125. The topological polar surface area (TPSA) is 68.0 Å². The van der Waals surface area contributed by atoms with Crippen molar-refractivity contribution in [3.8, 4) is 11.8 Å². The smallest absolute Gasteiger partial charge is 0.256 e. The van der Waals surface area contributed by atoms with E-state index in [0.29, 0.717) is 16.8 Å². The highest BCUT2D eigenvalue weighted by Crippen LogP contribution is 2.12. The van der Waals surface area contributed by atoms with Gasteiger partial charge in [0, 0.05) is 11.8 Å². The predicted molar refractivity (Wildman–Crippen MR) is 79.3 cm³/mol. The minimum atomic E-state index is -0.209. The van der Waals surface area contributed by atoms with E-state index in [1.165, 1.54) is 0 Å². The summed E-state index contributed by atoms with van der Waals surface area (Å²) in [6.07, 6.45) is 3.34. The van der Waals surface area contributed by atoms with E-state index in [0.717, 1.165) is 5.56 Å². The average Bonchev–Trinajstić information content (AvgIpc) is 2.45. The van der Waals surface area contributed by atoms with Crippen LogP contribution in [0.2, 0.25) is 0 Å². The second-order valence-electron chi connectivity index (χ2n) is 4.26. The molecule has 0 fully saturated rings. The molecule has 1 aromatic carbocycles. The average molecular weight is 265 g/mol. The molecule has 1 heterocycles. The molecule has 2 rings (SSSR count).